The Morgan fingerprint density at radius 3 is 2.42 bits per heavy atom. The van der Waals surface area contributed by atoms with Crippen LogP contribution in [0.4, 0.5) is 23.2 Å². The maximum atomic E-state index is 12.8. The number of benzene rings is 1. The number of halogens is 5. The van der Waals surface area contributed by atoms with Crippen LogP contribution in [0.5, 0.6) is 0 Å². The van der Waals surface area contributed by atoms with Gasteiger partial charge in [-0.1, -0.05) is 0 Å². The van der Waals surface area contributed by atoms with E-state index >= 15 is 0 Å². The Labute approximate surface area is 112 Å². The zero-order chi connectivity index (χ0) is 13.9. The van der Waals surface area contributed by atoms with Crippen LogP contribution < -0.4 is 5.73 Å². The Bertz CT molecular complexity index is 454. The molecule has 0 spiro atoms. The number of nitrogens with two attached hydrogens (primary N) is 1. The van der Waals surface area contributed by atoms with Crippen molar-refractivity contribution in [3.8, 4) is 0 Å². The second kappa shape index (κ2) is 6.67. The third-order valence-electron chi connectivity index (χ3n) is 2.33. The number of alkyl halides is 3. The smallest absolute Gasteiger partial charge is 0.324 e. The lowest BCUT2D eigenvalue weighted by atomic mass is 10.0. The van der Waals surface area contributed by atoms with Crippen molar-refractivity contribution in [3.63, 3.8) is 0 Å². The van der Waals surface area contributed by atoms with Crippen molar-refractivity contribution < 1.29 is 22.5 Å². The molecule has 1 rings (SSSR count). The molecule has 0 radical (unpaired) electrons. The van der Waals surface area contributed by atoms with Crippen LogP contribution in [0.25, 0.3) is 0 Å². The van der Waals surface area contributed by atoms with Gasteiger partial charge in [-0.3, -0.25) is 10.1 Å². The summed E-state index contributed by atoms with van der Waals surface area (Å²) in [4.78, 5) is 9.77. The van der Waals surface area contributed by atoms with Gasteiger partial charge >= 0.3 is 6.18 Å². The predicted octanol–water partition coefficient (Wildman–Crippen LogP) is 3.50. The van der Waals surface area contributed by atoms with Crippen LogP contribution in [0.1, 0.15) is 24.4 Å². The average Bonchev–Trinajstić information content (AvgIpc) is 2.24. The van der Waals surface area contributed by atoms with Crippen LogP contribution in [-0.2, 0) is 0 Å². The fourth-order valence-corrected chi connectivity index (χ4v) is 1.46. The number of nitro groups is 1. The summed E-state index contributed by atoms with van der Waals surface area (Å²) < 4.78 is 48.8. The number of rotatable bonds is 4. The molecule has 0 unspecified atom stereocenters. The quantitative estimate of drug-likeness (QED) is 0.526. The van der Waals surface area contributed by atoms with E-state index in [-0.39, 0.29) is 18.0 Å². The lowest BCUT2D eigenvalue weighted by molar-refractivity contribution is -0.385. The second-order valence-corrected chi connectivity index (χ2v) is 3.72. The molecule has 108 valence electrons. The summed E-state index contributed by atoms with van der Waals surface area (Å²) >= 11 is 0. The second-order valence-electron chi connectivity index (χ2n) is 3.72. The summed E-state index contributed by atoms with van der Waals surface area (Å²) in [5.74, 6) is -0.839. The van der Waals surface area contributed by atoms with E-state index in [1.807, 2.05) is 0 Å². The number of nitrogens with zero attached hydrogens (tertiary/aromatic N) is 1. The van der Waals surface area contributed by atoms with Gasteiger partial charge in [-0.25, -0.2) is 4.39 Å². The van der Waals surface area contributed by atoms with Crippen molar-refractivity contribution in [1.82, 2.24) is 0 Å². The van der Waals surface area contributed by atoms with E-state index in [4.69, 9.17) is 5.73 Å². The molecule has 1 aromatic carbocycles. The fraction of sp³-hybridized carbons (Fsp3) is 0.400. The summed E-state index contributed by atoms with van der Waals surface area (Å²) in [6, 6.07) is 1.44. The van der Waals surface area contributed by atoms with Crippen LogP contribution >= 0.6 is 12.4 Å². The molecule has 1 aromatic rings. The van der Waals surface area contributed by atoms with Crippen LogP contribution in [0.15, 0.2) is 18.2 Å². The molecule has 0 aliphatic carbocycles. The van der Waals surface area contributed by atoms with E-state index in [2.05, 4.69) is 0 Å². The normalized spacial score (nSPS) is 12.7. The first-order chi connectivity index (χ1) is 8.20. The van der Waals surface area contributed by atoms with Gasteiger partial charge in [0.15, 0.2) is 0 Å². The Hall–Kier alpha value is -1.41. The van der Waals surface area contributed by atoms with Crippen molar-refractivity contribution in [2.24, 2.45) is 5.73 Å². The van der Waals surface area contributed by atoms with E-state index < -0.39 is 41.5 Å². The molecular formula is C10H11ClF4N2O2. The number of hydrogen-bond donors (Lipinski definition) is 1. The van der Waals surface area contributed by atoms with Crippen molar-refractivity contribution in [2.45, 2.75) is 25.1 Å². The van der Waals surface area contributed by atoms with Crippen LogP contribution in [0, 0.1) is 15.9 Å². The number of hydrogen-bond acceptors (Lipinski definition) is 3. The molecular weight excluding hydrogens is 292 g/mol. The van der Waals surface area contributed by atoms with Crippen molar-refractivity contribution in [3.05, 3.63) is 39.7 Å². The first kappa shape index (κ1) is 17.6. The topological polar surface area (TPSA) is 69.2 Å². The summed E-state index contributed by atoms with van der Waals surface area (Å²) in [5, 5.41) is 10.6. The Balaban J connectivity index is 0.00000324. The monoisotopic (exact) mass is 302 g/mol. The van der Waals surface area contributed by atoms with Crippen LogP contribution in [0.2, 0.25) is 0 Å². The van der Waals surface area contributed by atoms with E-state index in [9.17, 15) is 27.7 Å². The highest BCUT2D eigenvalue weighted by molar-refractivity contribution is 5.85. The lowest BCUT2D eigenvalue weighted by Crippen LogP contribution is -2.17. The Kier molecular flexibility index (Phi) is 6.17. The molecule has 0 saturated heterocycles. The molecule has 19 heavy (non-hydrogen) atoms. The average molecular weight is 303 g/mol. The summed E-state index contributed by atoms with van der Waals surface area (Å²) in [6.07, 6.45) is -6.02. The minimum atomic E-state index is -4.38. The molecule has 2 N–H and O–H groups in total. The molecule has 4 nitrogen and oxygen atoms in total. The van der Waals surface area contributed by atoms with E-state index in [1.54, 1.807) is 0 Å². The molecule has 0 aromatic heterocycles. The van der Waals surface area contributed by atoms with Gasteiger partial charge < -0.3 is 5.73 Å². The van der Waals surface area contributed by atoms with Gasteiger partial charge in [0.05, 0.1) is 11.0 Å². The van der Waals surface area contributed by atoms with Gasteiger partial charge in [-0.05, 0) is 18.6 Å². The van der Waals surface area contributed by atoms with Gasteiger partial charge in [0.25, 0.3) is 5.69 Å². The third-order valence-corrected chi connectivity index (χ3v) is 2.33. The molecule has 0 heterocycles. The van der Waals surface area contributed by atoms with Crippen molar-refractivity contribution in [1.29, 1.82) is 0 Å². The highest BCUT2D eigenvalue weighted by Crippen LogP contribution is 2.30. The van der Waals surface area contributed by atoms with E-state index in [0.29, 0.717) is 6.07 Å². The third kappa shape index (κ3) is 5.39. The van der Waals surface area contributed by atoms with Crippen LogP contribution in [-0.4, -0.2) is 11.1 Å². The number of nitro benzene ring substituents is 1. The SMILES string of the molecule is Cl.N[C@H](CCC(F)(F)F)c1ccc(F)cc1[N+](=O)[O-]. The minimum Gasteiger partial charge on any atom is -0.324 e. The highest BCUT2D eigenvalue weighted by atomic mass is 35.5. The lowest BCUT2D eigenvalue weighted by Gasteiger charge is -2.13. The molecule has 0 amide bonds. The fourth-order valence-electron chi connectivity index (χ4n) is 1.46. The van der Waals surface area contributed by atoms with E-state index in [0.717, 1.165) is 12.1 Å². The standard InChI is InChI=1S/C10H10F4N2O2.ClH/c11-6-1-2-7(9(5-6)16(17)18)8(15)3-4-10(12,13)14;/h1-2,5,8H,3-4,15H2;1H/t8-;/m1./s1. The van der Waals surface area contributed by atoms with Crippen molar-refractivity contribution >= 4 is 18.1 Å². The molecule has 1 atom stereocenters. The molecule has 0 bridgehead atoms. The predicted molar refractivity (Wildman–Crippen MR) is 62.5 cm³/mol. The molecule has 9 heteroatoms. The van der Waals surface area contributed by atoms with Gasteiger partial charge in [0.1, 0.15) is 5.82 Å². The first-order valence-electron chi connectivity index (χ1n) is 4.97. The Morgan fingerprint density at radius 1 is 1.37 bits per heavy atom. The summed E-state index contributed by atoms with van der Waals surface area (Å²) in [7, 11) is 0. The van der Waals surface area contributed by atoms with E-state index in [1.165, 1.54) is 0 Å². The van der Waals surface area contributed by atoms with Gasteiger partial charge in [0.2, 0.25) is 0 Å². The van der Waals surface area contributed by atoms with Crippen molar-refractivity contribution in [2.75, 3.05) is 0 Å². The largest absolute Gasteiger partial charge is 0.389 e. The maximum Gasteiger partial charge on any atom is 0.389 e. The highest BCUT2D eigenvalue weighted by Gasteiger charge is 2.29. The summed E-state index contributed by atoms with van der Waals surface area (Å²) in [5.41, 5.74) is 4.75. The molecule has 0 fully saturated rings. The Morgan fingerprint density at radius 2 is 1.95 bits per heavy atom. The minimum absolute atomic E-state index is 0. The molecule has 0 saturated carbocycles. The zero-order valence-corrected chi connectivity index (χ0v) is 10.3. The van der Waals surface area contributed by atoms with Gasteiger partial charge in [-0.15, -0.1) is 12.4 Å². The van der Waals surface area contributed by atoms with Gasteiger partial charge in [-0.2, -0.15) is 13.2 Å². The zero-order valence-electron chi connectivity index (χ0n) is 9.48. The van der Waals surface area contributed by atoms with Gasteiger partial charge in [0, 0.05) is 18.0 Å². The first-order valence-corrected chi connectivity index (χ1v) is 4.97. The maximum absolute atomic E-state index is 12.8. The summed E-state index contributed by atoms with van der Waals surface area (Å²) in [6.45, 7) is 0. The molecule has 0 aliphatic rings. The van der Waals surface area contributed by atoms with Crippen LogP contribution in [0.3, 0.4) is 0 Å². The molecule has 0 aliphatic heterocycles.